The lowest BCUT2D eigenvalue weighted by molar-refractivity contribution is -0.113. The molecule has 0 spiro atoms. The first-order valence-corrected chi connectivity index (χ1v) is 10.4. The standard InChI is InChI=1S/C18H18N6OS2/c1-3-24-16(13-8-19-14-7-5-4-6-12(13)14)22-23-18(24)27-10-15(25)21-17-20-11(2)9-26-17/h4-9,19H,3,10H2,1-2H3,(H,20,21,25). The minimum atomic E-state index is -0.103. The lowest BCUT2D eigenvalue weighted by Crippen LogP contribution is -2.14. The molecule has 0 aliphatic carbocycles. The average molecular weight is 399 g/mol. The molecule has 0 radical (unpaired) electrons. The van der Waals surface area contributed by atoms with Crippen molar-refractivity contribution in [2.45, 2.75) is 25.5 Å². The fourth-order valence-electron chi connectivity index (χ4n) is 2.83. The Kier molecular flexibility index (Phi) is 4.95. The summed E-state index contributed by atoms with van der Waals surface area (Å²) in [6.07, 6.45) is 1.95. The van der Waals surface area contributed by atoms with Crippen LogP contribution in [0.4, 0.5) is 5.13 Å². The molecule has 4 rings (SSSR count). The quantitative estimate of drug-likeness (QED) is 0.480. The molecule has 0 fully saturated rings. The van der Waals surface area contributed by atoms with Gasteiger partial charge in [-0.15, -0.1) is 21.5 Å². The predicted molar refractivity (Wildman–Crippen MR) is 109 cm³/mol. The van der Waals surface area contributed by atoms with Crippen LogP contribution >= 0.6 is 23.1 Å². The largest absolute Gasteiger partial charge is 0.360 e. The zero-order valence-electron chi connectivity index (χ0n) is 14.9. The number of carbonyl (C=O) groups excluding carboxylic acids is 1. The zero-order valence-corrected chi connectivity index (χ0v) is 16.5. The molecule has 1 amide bonds. The Balaban J connectivity index is 1.52. The lowest BCUT2D eigenvalue weighted by atomic mass is 10.1. The van der Waals surface area contributed by atoms with E-state index in [1.54, 1.807) is 0 Å². The van der Waals surface area contributed by atoms with E-state index in [-0.39, 0.29) is 11.7 Å². The zero-order chi connectivity index (χ0) is 18.8. The van der Waals surface area contributed by atoms with Gasteiger partial charge in [-0.05, 0) is 19.9 Å². The number of hydrogen-bond acceptors (Lipinski definition) is 6. The number of H-pyrrole nitrogens is 1. The van der Waals surface area contributed by atoms with Crippen molar-refractivity contribution in [3.8, 4) is 11.4 Å². The Morgan fingerprint density at radius 2 is 2.19 bits per heavy atom. The molecule has 0 saturated heterocycles. The molecule has 3 aromatic heterocycles. The number of thiazole rings is 1. The van der Waals surface area contributed by atoms with Gasteiger partial charge in [-0.2, -0.15) is 0 Å². The Labute approximate surface area is 164 Å². The van der Waals surface area contributed by atoms with Crippen molar-refractivity contribution in [1.29, 1.82) is 0 Å². The third kappa shape index (κ3) is 3.60. The Morgan fingerprint density at radius 1 is 1.33 bits per heavy atom. The van der Waals surface area contributed by atoms with E-state index in [1.807, 2.05) is 48.2 Å². The van der Waals surface area contributed by atoms with E-state index in [0.717, 1.165) is 39.7 Å². The highest BCUT2D eigenvalue weighted by molar-refractivity contribution is 7.99. The Bertz CT molecular complexity index is 1100. The number of fused-ring (bicyclic) bond motifs is 1. The highest BCUT2D eigenvalue weighted by atomic mass is 32.2. The van der Waals surface area contributed by atoms with Gasteiger partial charge in [0.25, 0.3) is 0 Å². The van der Waals surface area contributed by atoms with Crippen LogP contribution in [0.15, 0.2) is 41.0 Å². The van der Waals surface area contributed by atoms with Crippen LogP contribution in [0.2, 0.25) is 0 Å². The van der Waals surface area contributed by atoms with E-state index >= 15 is 0 Å². The second-order valence-corrected chi connectivity index (χ2v) is 7.73. The second-order valence-electron chi connectivity index (χ2n) is 5.93. The number of anilines is 1. The van der Waals surface area contributed by atoms with Crippen LogP contribution in [0.5, 0.6) is 0 Å². The summed E-state index contributed by atoms with van der Waals surface area (Å²) in [4.78, 5) is 19.7. The number of amides is 1. The maximum atomic E-state index is 12.2. The van der Waals surface area contributed by atoms with Crippen LogP contribution < -0.4 is 5.32 Å². The summed E-state index contributed by atoms with van der Waals surface area (Å²) >= 11 is 2.79. The van der Waals surface area contributed by atoms with Gasteiger partial charge in [-0.25, -0.2) is 4.98 Å². The maximum Gasteiger partial charge on any atom is 0.236 e. The summed E-state index contributed by atoms with van der Waals surface area (Å²) in [5.74, 6) is 0.951. The van der Waals surface area contributed by atoms with E-state index in [9.17, 15) is 4.79 Å². The van der Waals surface area contributed by atoms with Gasteiger partial charge in [0.1, 0.15) is 0 Å². The van der Waals surface area contributed by atoms with Gasteiger partial charge < -0.3 is 14.9 Å². The number of aromatic nitrogens is 5. The number of nitrogens with one attached hydrogen (secondary N) is 2. The molecule has 9 heteroatoms. The number of carbonyl (C=O) groups is 1. The summed E-state index contributed by atoms with van der Waals surface area (Å²) in [5.41, 5.74) is 2.97. The first-order chi connectivity index (χ1) is 13.2. The van der Waals surface area contributed by atoms with Crippen LogP contribution in [0.1, 0.15) is 12.6 Å². The molecular formula is C18H18N6OS2. The molecule has 138 valence electrons. The van der Waals surface area contributed by atoms with Crippen molar-refractivity contribution in [3.63, 3.8) is 0 Å². The summed E-state index contributed by atoms with van der Waals surface area (Å²) in [7, 11) is 0. The topological polar surface area (TPSA) is 88.5 Å². The molecule has 0 saturated carbocycles. The molecule has 1 aromatic carbocycles. The number of aromatic amines is 1. The molecule has 0 atom stereocenters. The molecule has 0 bridgehead atoms. The summed E-state index contributed by atoms with van der Waals surface area (Å²) in [5, 5.41) is 15.8. The molecular weight excluding hydrogens is 380 g/mol. The van der Waals surface area contributed by atoms with Crippen LogP contribution in [-0.2, 0) is 11.3 Å². The normalized spacial score (nSPS) is 11.2. The predicted octanol–water partition coefficient (Wildman–Crippen LogP) is 3.94. The van der Waals surface area contributed by atoms with Gasteiger partial charge in [0.05, 0.1) is 11.4 Å². The summed E-state index contributed by atoms with van der Waals surface area (Å²) < 4.78 is 2.03. The SMILES string of the molecule is CCn1c(SCC(=O)Nc2nc(C)cs2)nnc1-c1c[nH]c2ccccc12. The second kappa shape index (κ2) is 7.53. The highest BCUT2D eigenvalue weighted by Crippen LogP contribution is 2.30. The summed E-state index contributed by atoms with van der Waals surface area (Å²) in [6.45, 7) is 4.67. The average Bonchev–Trinajstić information content (AvgIpc) is 3.37. The molecule has 4 aromatic rings. The minimum absolute atomic E-state index is 0.103. The number of thioether (sulfide) groups is 1. The molecule has 2 N–H and O–H groups in total. The third-order valence-electron chi connectivity index (χ3n) is 4.06. The van der Waals surface area contributed by atoms with Gasteiger partial charge >= 0.3 is 0 Å². The number of para-hydroxylation sites is 1. The lowest BCUT2D eigenvalue weighted by Gasteiger charge is -2.06. The fraction of sp³-hybridized carbons (Fsp3) is 0.222. The minimum Gasteiger partial charge on any atom is -0.360 e. The molecule has 3 heterocycles. The molecule has 0 aliphatic heterocycles. The fourth-order valence-corrected chi connectivity index (χ4v) is 4.34. The van der Waals surface area contributed by atoms with Gasteiger partial charge in [0.2, 0.25) is 5.91 Å². The maximum absolute atomic E-state index is 12.2. The highest BCUT2D eigenvalue weighted by Gasteiger charge is 2.17. The smallest absolute Gasteiger partial charge is 0.236 e. The van der Waals surface area contributed by atoms with Crippen molar-refractivity contribution in [2.75, 3.05) is 11.1 Å². The van der Waals surface area contributed by atoms with Crippen molar-refractivity contribution in [2.24, 2.45) is 0 Å². The van der Waals surface area contributed by atoms with E-state index in [4.69, 9.17) is 0 Å². The third-order valence-corrected chi connectivity index (χ3v) is 5.90. The van der Waals surface area contributed by atoms with Gasteiger partial charge in [-0.3, -0.25) is 4.79 Å². The molecule has 7 nitrogen and oxygen atoms in total. The van der Waals surface area contributed by atoms with Gasteiger partial charge in [0, 0.05) is 34.6 Å². The van der Waals surface area contributed by atoms with E-state index in [1.165, 1.54) is 23.1 Å². The van der Waals surface area contributed by atoms with Crippen LogP contribution in [0.3, 0.4) is 0 Å². The first kappa shape index (κ1) is 17.7. The number of benzene rings is 1. The summed E-state index contributed by atoms with van der Waals surface area (Å²) in [6, 6.07) is 8.10. The van der Waals surface area contributed by atoms with Crippen LogP contribution in [0, 0.1) is 6.92 Å². The number of aryl methyl sites for hydroxylation is 1. The van der Waals surface area contributed by atoms with Crippen molar-refractivity contribution in [1.82, 2.24) is 24.7 Å². The van der Waals surface area contributed by atoms with E-state index in [2.05, 4.69) is 31.5 Å². The van der Waals surface area contributed by atoms with E-state index in [0.29, 0.717) is 5.13 Å². The van der Waals surface area contributed by atoms with Gasteiger partial charge in [-0.1, -0.05) is 30.0 Å². The van der Waals surface area contributed by atoms with Crippen molar-refractivity contribution < 1.29 is 4.79 Å². The first-order valence-electron chi connectivity index (χ1n) is 8.50. The number of nitrogens with zero attached hydrogens (tertiary/aromatic N) is 4. The van der Waals surface area contributed by atoms with Crippen molar-refractivity contribution in [3.05, 3.63) is 41.5 Å². The Hall–Kier alpha value is -2.65. The van der Waals surface area contributed by atoms with Gasteiger partial charge in [0.15, 0.2) is 16.1 Å². The molecule has 0 unspecified atom stereocenters. The van der Waals surface area contributed by atoms with Crippen molar-refractivity contribution >= 4 is 45.0 Å². The van der Waals surface area contributed by atoms with Crippen LogP contribution in [0.25, 0.3) is 22.3 Å². The monoisotopic (exact) mass is 398 g/mol. The molecule has 27 heavy (non-hydrogen) atoms. The van der Waals surface area contributed by atoms with Crippen LogP contribution in [-0.4, -0.2) is 36.4 Å². The Morgan fingerprint density at radius 3 is 2.96 bits per heavy atom. The number of hydrogen-bond donors (Lipinski definition) is 2. The number of rotatable bonds is 6. The van der Waals surface area contributed by atoms with E-state index < -0.39 is 0 Å². The molecule has 0 aliphatic rings.